The fourth-order valence-electron chi connectivity index (χ4n) is 1.31. The van der Waals surface area contributed by atoms with E-state index in [9.17, 15) is 22.4 Å². The topological polar surface area (TPSA) is 17.1 Å². The molecule has 0 saturated heterocycles. The molecule has 0 saturated carbocycles. The van der Waals surface area contributed by atoms with Crippen molar-refractivity contribution in [2.75, 3.05) is 0 Å². The lowest BCUT2D eigenvalue weighted by Crippen LogP contribution is -2.12. The van der Waals surface area contributed by atoms with E-state index in [4.69, 9.17) is 0 Å². The van der Waals surface area contributed by atoms with Gasteiger partial charge in [0.2, 0.25) is 0 Å². The Morgan fingerprint density at radius 2 is 1.88 bits per heavy atom. The first-order valence-corrected chi connectivity index (χ1v) is 5.59. The van der Waals surface area contributed by atoms with Crippen molar-refractivity contribution >= 4 is 21.7 Å². The van der Waals surface area contributed by atoms with E-state index in [1.54, 1.807) is 0 Å². The Hall–Kier alpha value is -0.910. The summed E-state index contributed by atoms with van der Waals surface area (Å²) < 4.78 is 49.0. The van der Waals surface area contributed by atoms with Crippen LogP contribution in [-0.2, 0) is 11.2 Å². The molecule has 1 nitrogen and oxygen atoms in total. The van der Waals surface area contributed by atoms with Gasteiger partial charge in [0, 0.05) is 17.3 Å². The lowest BCUT2D eigenvalue weighted by atomic mass is 10.1. The normalized spacial score (nSPS) is 11.6. The second-order valence-corrected chi connectivity index (χ2v) is 4.52. The van der Waals surface area contributed by atoms with Crippen molar-refractivity contribution in [2.24, 2.45) is 0 Å². The van der Waals surface area contributed by atoms with Crippen molar-refractivity contribution in [3.63, 3.8) is 0 Å². The summed E-state index contributed by atoms with van der Waals surface area (Å²) in [6.45, 7) is 0. The molecular weight excluding hydrogens is 304 g/mol. The SMILES string of the molecule is O=C(CCC(F)(F)F)Cc1cc(F)cc(Br)c1. The number of rotatable bonds is 4. The largest absolute Gasteiger partial charge is 0.389 e. The van der Waals surface area contributed by atoms with Gasteiger partial charge in [-0.3, -0.25) is 4.79 Å². The summed E-state index contributed by atoms with van der Waals surface area (Å²) in [4.78, 5) is 11.2. The average molecular weight is 313 g/mol. The Morgan fingerprint density at radius 3 is 2.41 bits per heavy atom. The van der Waals surface area contributed by atoms with E-state index in [-0.39, 0.29) is 6.42 Å². The molecule has 0 aliphatic heterocycles. The zero-order chi connectivity index (χ0) is 13.1. The number of ketones is 1. The van der Waals surface area contributed by atoms with Gasteiger partial charge in [0.15, 0.2) is 0 Å². The van der Waals surface area contributed by atoms with Crippen LogP contribution in [0.4, 0.5) is 17.6 Å². The Kier molecular flexibility index (Phi) is 4.68. The number of benzene rings is 1. The maximum Gasteiger partial charge on any atom is 0.389 e. The van der Waals surface area contributed by atoms with Gasteiger partial charge in [-0.2, -0.15) is 13.2 Å². The summed E-state index contributed by atoms with van der Waals surface area (Å²) in [5.74, 6) is -1.09. The molecule has 0 radical (unpaired) electrons. The summed E-state index contributed by atoms with van der Waals surface area (Å²) in [6.07, 6.45) is -6.23. The van der Waals surface area contributed by atoms with Crippen LogP contribution in [0.1, 0.15) is 18.4 Å². The molecule has 0 amide bonds. The Morgan fingerprint density at radius 1 is 1.24 bits per heavy atom. The van der Waals surface area contributed by atoms with Crippen molar-refractivity contribution in [1.82, 2.24) is 0 Å². The quantitative estimate of drug-likeness (QED) is 0.767. The van der Waals surface area contributed by atoms with E-state index in [1.165, 1.54) is 12.1 Å². The standard InChI is InChI=1S/C11H9BrF4O/c12-8-3-7(4-9(13)6-8)5-10(17)1-2-11(14,15)16/h3-4,6H,1-2,5H2. The second kappa shape index (κ2) is 5.62. The molecule has 0 unspecified atom stereocenters. The third kappa shape index (κ3) is 5.81. The third-order valence-corrected chi connectivity index (χ3v) is 2.47. The summed E-state index contributed by atoms with van der Waals surface area (Å²) in [7, 11) is 0. The minimum Gasteiger partial charge on any atom is -0.299 e. The van der Waals surface area contributed by atoms with Crippen LogP contribution in [0.15, 0.2) is 22.7 Å². The molecule has 6 heteroatoms. The average Bonchev–Trinajstić information content (AvgIpc) is 2.11. The van der Waals surface area contributed by atoms with E-state index in [0.29, 0.717) is 10.0 Å². The van der Waals surface area contributed by atoms with Crippen LogP contribution in [0, 0.1) is 5.82 Å². The van der Waals surface area contributed by atoms with Gasteiger partial charge in [-0.1, -0.05) is 15.9 Å². The molecule has 1 rings (SSSR count). The third-order valence-electron chi connectivity index (χ3n) is 2.01. The van der Waals surface area contributed by atoms with E-state index < -0.39 is 30.6 Å². The number of alkyl halides is 3. The molecule has 1 aromatic carbocycles. The van der Waals surface area contributed by atoms with Gasteiger partial charge in [0.05, 0.1) is 6.42 Å². The first-order valence-electron chi connectivity index (χ1n) is 4.80. The first-order chi connectivity index (χ1) is 7.76. The molecule has 0 aliphatic rings. The molecule has 1 aromatic rings. The predicted octanol–water partition coefficient (Wildman–Crippen LogP) is 4.04. The van der Waals surface area contributed by atoms with E-state index in [1.807, 2.05) is 0 Å². The van der Waals surface area contributed by atoms with Crippen molar-refractivity contribution in [3.8, 4) is 0 Å². The molecule has 0 N–H and O–H groups in total. The Balaban J connectivity index is 2.56. The Labute approximate surface area is 104 Å². The second-order valence-electron chi connectivity index (χ2n) is 3.61. The van der Waals surface area contributed by atoms with Crippen LogP contribution < -0.4 is 0 Å². The number of hydrogen-bond donors (Lipinski definition) is 0. The highest BCUT2D eigenvalue weighted by atomic mass is 79.9. The highest BCUT2D eigenvalue weighted by Crippen LogP contribution is 2.22. The van der Waals surface area contributed by atoms with Crippen LogP contribution in [0.5, 0.6) is 0 Å². The van der Waals surface area contributed by atoms with Gasteiger partial charge in [-0.05, 0) is 23.8 Å². The molecular formula is C11H9BrF4O. The molecule has 0 heterocycles. The van der Waals surface area contributed by atoms with Crippen molar-refractivity contribution in [1.29, 1.82) is 0 Å². The van der Waals surface area contributed by atoms with Gasteiger partial charge >= 0.3 is 6.18 Å². The summed E-state index contributed by atoms with van der Waals surface area (Å²) in [6, 6.07) is 3.86. The van der Waals surface area contributed by atoms with Crippen LogP contribution in [0.2, 0.25) is 0 Å². The molecule has 0 bridgehead atoms. The molecule has 0 atom stereocenters. The lowest BCUT2D eigenvalue weighted by molar-refractivity contribution is -0.143. The summed E-state index contributed by atoms with van der Waals surface area (Å²) in [5.41, 5.74) is 0.365. The highest BCUT2D eigenvalue weighted by Gasteiger charge is 2.27. The number of halogens is 5. The van der Waals surface area contributed by atoms with E-state index >= 15 is 0 Å². The van der Waals surface area contributed by atoms with Crippen LogP contribution in [0.25, 0.3) is 0 Å². The minimum absolute atomic E-state index is 0.188. The number of carbonyl (C=O) groups is 1. The predicted molar refractivity (Wildman–Crippen MR) is 58.1 cm³/mol. The van der Waals surface area contributed by atoms with Crippen LogP contribution in [0.3, 0.4) is 0 Å². The zero-order valence-corrected chi connectivity index (χ0v) is 10.2. The van der Waals surface area contributed by atoms with Gasteiger partial charge in [-0.15, -0.1) is 0 Å². The summed E-state index contributed by atoms with van der Waals surface area (Å²) >= 11 is 3.04. The van der Waals surface area contributed by atoms with Crippen molar-refractivity contribution in [3.05, 3.63) is 34.1 Å². The van der Waals surface area contributed by atoms with Crippen LogP contribution >= 0.6 is 15.9 Å². The molecule has 94 valence electrons. The zero-order valence-electron chi connectivity index (χ0n) is 8.65. The van der Waals surface area contributed by atoms with Gasteiger partial charge in [0.1, 0.15) is 11.6 Å². The highest BCUT2D eigenvalue weighted by molar-refractivity contribution is 9.10. The monoisotopic (exact) mass is 312 g/mol. The van der Waals surface area contributed by atoms with Gasteiger partial charge in [0.25, 0.3) is 0 Å². The maximum atomic E-state index is 12.9. The number of Topliss-reactive ketones (excluding diaryl/α,β-unsaturated/α-hetero) is 1. The molecule has 0 fully saturated rings. The van der Waals surface area contributed by atoms with Gasteiger partial charge in [-0.25, -0.2) is 4.39 Å². The smallest absolute Gasteiger partial charge is 0.299 e. The van der Waals surface area contributed by atoms with Crippen molar-refractivity contribution in [2.45, 2.75) is 25.4 Å². The van der Waals surface area contributed by atoms with Crippen molar-refractivity contribution < 1.29 is 22.4 Å². The Bertz CT molecular complexity index is 394. The fourth-order valence-corrected chi connectivity index (χ4v) is 1.82. The number of hydrogen-bond acceptors (Lipinski definition) is 1. The van der Waals surface area contributed by atoms with E-state index in [2.05, 4.69) is 15.9 Å². The first kappa shape index (κ1) is 14.2. The van der Waals surface area contributed by atoms with E-state index in [0.717, 1.165) is 6.07 Å². The molecule has 0 spiro atoms. The maximum absolute atomic E-state index is 12.9. The lowest BCUT2D eigenvalue weighted by Gasteiger charge is -2.05. The van der Waals surface area contributed by atoms with Crippen LogP contribution in [-0.4, -0.2) is 12.0 Å². The number of carbonyl (C=O) groups excluding carboxylic acids is 1. The fraction of sp³-hybridized carbons (Fsp3) is 0.364. The molecule has 17 heavy (non-hydrogen) atoms. The van der Waals surface area contributed by atoms with Gasteiger partial charge < -0.3 is 0 Å². The minimum atomic E-state index is -4.34. The molecule has 0 aliphatic carbocycles. The molecule has 0 aromatic heterocycles. The summed E-state index contributed by atoms with van der Waals surface area (Å²) in [5, 5.41) is 0.